The summed E-state index contributed by atoms with van der Waals surface area (Å²) in [6, 6.07) is 2.11. The fourth-order valence-corrected chi connectivity index (χ4v) is 1.77. The first-order chi connectivity index (χ1) is 8.11. The SMILES string of the molecule is O=C(c1cncnc1)c1ccc(F)c(F)c1Br. The Hall–Kier alpha value is -1.69. The van der Waals surface area contributed by atoms with Crippen LogP contribution in [0.5, 0.6) is 0 Å². The number of nitrogens with zero attached hydrogens (tertiary/aromatic N) is 2. The average molecular weight is 299 g/mol. The summed E-state index contributed by atoms with van der Waals surface area (Å²) in [5, 5.41) is 0. The number of ketones is 1. The van der Waals surface area contributed by atoms with Gasteiger partial charge in [0.05, 0.1) is 10.0 Å². The van der Waals surface area contributed by atoms with Crippen LogP contribution in [0.1, 0.15) is 15.9 Å². The Kier molecular flexibility index (Phi) is 3.23. The minimum atomic E-state index is -1.09. The summed E-state index contributed by atoms with van der Waals surface area (Å²) >= 11 is 2.85. The summed E-state index contributed by atoms with van der Waals surface area (Å²) in [4.78, 5) is 19.3. The van der Waals surface area contributed by atoms with Crippen molar-refractivity contribution in [2.45, 2.75) is 0 Å². The van der Waals surface area contributed by atoms with Crippen LogP contribution >= 0.6 is 15.9 Å². The van der Waals surface area contributed by atoms with Gasteiger partial charge >= 0.3 is 0 Å². The highest BCUT2D eigenvalue weighted by Gasteiger charge is 2.18. The third-order valence-electron chi connectivity index (χ3n) is 2.10. The summed E-state index contributed by atoms with van der Waals surface area (Å²) in [6.45, 7) is 0. The van der Waals surface area contributed by atoms with E-state index in [-0.39, 0.29) is 15.6 Å². The normalized spacial score (nSPS) is 10.3. The maximum absolute atomic E-state index is 13.3. The van der Waals surface area contributed by atoms with Gasteiger partial charge in [-0.25, -0.2) is 18.7 Å². The van der Waals surface area contributed by atoms with Crippen LogP contribution in [-0.2, 0) is 0 Å². The highest BCUT2D eigenvalue weighted by atomic mass is 79.9. The van der Waals surface area contributed by atoms with Gasteiger partial charge < -0.3 is 0 Å². The molecule has 0 aliphatic heterocycles. The van der Waals surface area contributed by atoms with E-state index in [4.69, 9.17) is 0 Å². The van der Waals surface area contributed by atoms with Gasteiger partial charge in [-0.3, -0.25) is 4.79 Å². The minimum absolute atomic E-state index is 0.0266. The summed E-state index contributed by atoms with van der Waals surface area (Å²) in [5.41, 5.74) is 0.234. The second kappa shape index (κ2) is 4.67. The molecule has 0 atom stereocenters. The first-order valence-corrected chi connectivity index (χ1v) is 5.33. The molecule has 0 bridgehead atoms. The zero-order chi connectivity index (χ0) is 12.4. The average Bonchev–Trinajstić information content (AvgIpc) is 2.36. The molecule has 0 saturated heterocycles. The van der Waals surface area contributed by atoms with E-state index in [1.165, 1.54) is 24.8 Å². The van der Waals surface area contributed by atoms with E-state index in [0.29, 0.717) is 0 Å². The maximum atomic E-state index is 13.3. The summed E-state index contributed by atoms with van der Waals surface area (Å²) < 4.78 is 25.9. The Balaban J connectivity index is 2.49. The van der Waals surface area contributed by atoms with Crippen LogP contribution in [0.2, 0.25) is 0 Å². The van der Waals surface area contributed by atoms with Gasteiger partial charge in [0.15, 0.2) is 17.4 Å². The van der Waals surface area contributed by atoms with Gasteiger partial charge in [0.2, 0.25) is 0 Å². The molecule has 6 heteroatoms. The number of rotatable bonds is 2. The topological polar surface area (TPSA) is 42.9 Å². The van der Waals surface area contributed by atoms with E-state index in [1.54, 1.807) is 0 Å². The van der Waals surface area contributed by atoms with Gasteiger partial charge in [0, 0.05) is 18.0 Å². The van der Waals surface area contributed by atoms with Crippen LogP contribution < -0.4 is 0 Å². The van der Waals surface area contributed by atoms with Gasteiger partial charge in [-0.2, -0.15) is 0 Å². The molecule has 1 aromatic carbocycles. The molecule has 0 amide bonds. The molecule has 3 nitrogen and oxygen atoms in total. The molecule has 2 aromatic rings. The fraction of sp³-hybridized carbons (Fsp3) is 0. The van der Waals surface area contributed by atoms with Gasteiger partial charge in [-0.15, -0.1) is 0 Å². The number of carbonyl (C=O) groups excluding carboxylic acids is 1. The highest BCUT2D eigenvalue weighted by molar-refractivity contribution is 9.10. The first kappa shape index (κ1) is 11.8. The molecule has 17 heavy (non-hydrogen) atoms. The molecule has 0 aliphatic carbocycles. The van der Waals surface area contributed by atoms with Crippen molar-refractivity contribution in [3.63, 3.8) is 0 Å². The van der Waals surface area contributed by atoms with Crippen molar-refractivity contribution in [3.8, 4) is 0 Å². The maximum Gasteiger partial charge on any atom is 0.197 e. The molecule has 0 fully saturated rings. The molecular weight excluding hydrogens is 294 g/mol. The number of hydrogen-bond acceptors (Lipinski definition) is 3. The Morgan fingerprint density at radius 2 is 1.82 bits per heavy atom. The van der Waals surface area contributed by atoms with E-state index in [0.717, 1.165) is 6.07 Å². The lowest BCUT2D eigenvalue weighted by molar-refractivity contribution is 0.103. The fourth-order valence-electron chi connectivity index (χ4n) is 1.27. The highest BCUT2D eigenvalue weighted by Crippen LogP contribution is 2.24. The molecule has 0 N–H and O–H groups in total. The van der Waals surface area contributed by atoms with Gasteiger partial charge in [0.25, 0.3) is 0 Å². The van der Waals surface area contributed by atoms with E-state index in [1.807, 2.05) is 0 Å². The van der Waals surface area contributed by atoms with Crippen molar-refractivity contribution in [2.24, 2.45) is 0 Å². The summed E-state index contributed by atoms with van der Waals surface area (Å²) in [6.07, 6.45) is 3.89. The van der Waals surface area contributed by atoms with Crippen molar-refractivity contribution in [1.29, 1.82) is 0 Å². The quantitative estimate of drug-likeness (QED) is 0.632. The Labute approximate surface area is 104 Å². The van der Waals surface area contributed by atoms with E-state index < -0.39 is 17.4 Å². The molecular formula is C11H5BrF2N2O. The zero-order valence-electron chi connectivity index (χ0n) is 8.32. The van der Waals surface area contributed by atoms with Crippen LogP contribution in [0.4, 0.5) is 8.78 Å². The van der Waals surface area contributed by atoms with Crippen LogP contribution in [0.3, 0.4) is 0 Å². The molecule has 0 unspecified atom stereocenters. The van der Waals surface area contributed by atoms with Gasteiger partial charge in [-0.05, 0) is 28.1 Å². The van der Waals surface area contributed by atoms with Crippen molar-refractivity contribution in [2.75, 3.05) is 0 Å². The minimum Gasteiger partial charge on any atom is -0.288 e. The predicted molar refractivity (Wildman–Crippen MR) is 59.5 cm³/mol. The number of hydrogen-bond donors (Lipinski definition) is 0. The first-order valence-electron chi connectivity index (χ1n) is 4.54. The Morgan fingerprint density at radius 3 is 2.47 bits per heavy atom. The molecule has 1 heterocycles. The number of carbonyl (C=O) groups is 1. The van der Waals surface area contributed by atoms with Crippen molar-refractivity contribution >= 4 is 21.7 Å². The van der Waals surface area contributed by atoms with Crippen molar-refractivity contribution in [1.82, 2.24) is 9.97 Å². The van der Waals surface area contributed by atoms with Crippen molar-refractivity contribution < 1.29 is 13.6 Å². The summed E-state index contributed by atoms with van der Waals surface area (Å²) in [5.74, 6) is -2.58. The van der Waals surface area contributed by atoms with Crippen molar-refractivity contribution in [3.05, 3.63) is 58.1 Å². The summed E-state index contributed by atoms with van der Waals surface area (Å²) in [7, 11) is 0. The third kappa shape index (κ3) is 2.21. The smallest absolute Gasteiger partial charge is 0.197 e. The third-order valence-corrected chi connectivity index (χ3v) is 2.88. The largest absolute Gasteiger partial charge is 0.288 e. The molecule has 0 saturated carbocycles. The second-order valence-electron chi connectivity index (χ2n) is 3.18. The second-order valence-corrected chi connectivity index (χ2v) is 3.97. The monoisotopic (exact) mass is 298 g/mol. The van der Waals surface area contributed by atoms with E-state index in [9.17, 15) is 13.6 Å². The van der Waals surface area contributed by atoms with E-state index in [2.05, 4.69) is 25.9 Å². The predicted octanol–water partition coefficient (Wildman–Crippen LogP) is 2.75. The standard InChI is InChI=1S/C11H5BrF2N2O/c12-9-7(1-2-8(13)10(9)14)11(17)6-3-15-5-16-4-6/h1-5H. The number of halogens is 3. The Morgan fingerprint density at radius 1 is 1.18 bits per heavy atom. The molecule has 1 aromatic heterocycles. The van der Waals surface area contributed by atoms with Gasteiger partial charge in [0.1, 0.15) is 6.33 Å². The molecule has 0 spiro atoms. The number of aromatic nitrogens is 2. The van der Waals surface area contributed by atoms with Crippen LogP contribution in [-0.4, -0.2) is 15.8 Å². The van der Waals surface area contributed by atoms with Crippen LogP contribution in [0.25, 0.3) is 0 Å². The molecule has 0 aliphatic rings. The van der Waals surface area contributed by atoms with Gasteiger partial charge in [-0.1, -0.05) is 0 Å². The van der Waals surface area contributed by atoms with Crippen LogP contribution in [0, 0.1) is 11.6 Å². The number of benzene rings is 1. The lowest BCUT2D eigenvalue weighted by atomic mass is 10.1. The molecule has 0 radical (unpaired) electrons. The lowest BCUT2D eigenvalue weighted by Crippen LogP contribution is -2.05. The Bertz CT molecular complexity index is 575. The van der Waals surface area contributed by atoms with Crippen LogP contribution in [0.15, 0.2) is 35.3 Å². The zero-order valence-corrected chi connectivity index (χ0v) is 9.91. The lowest BCUT2D eigenvalue weighted by Gasteiger charge is -2.04. The molecule has 86 valence electrons. The van der Waals surface area contributed by atoms with E-state index >= 15 is 0 Å². The molecule has 2 rings (SSSR count).